The molecule has 30 heavy (non-hydrogen) atoms. The van der Waals surface area contributed by atoms with E-state index in [2.05, 4.69) is 48.6 Å². The zero-order chi connectivity index (χ0) is 22.2. The number of nitrogens with zero attached hydrogens (tertiary/aromatic N) is 2. The second-order valence-electron chi connectivity index (χ2n) is 7.74. The molecule has 0 unspecified atom stereocenters. The van der Waals surface area contributed by atoms with E-state index in [4.69, 9.17) is 12.2 Å². The molecule has 5 nitrogen and oxygen atoms in total. The molecule has 3 N–H and O–H groups in total. The fraction of sp³-hybridized carbons (Fsp3) is 0.292. The molecule has 0 radical (unpaired) electrons. The molecule has 1 aromatic heterocycles. The molecule has 0 aliphatic rings. The lowest BCUT2D eigenvalue weighted by atomic mass is 10.0. The molecule has 158 valence electrons. The van der Waals surface area contributed by atoms with Crippen LogP contribution in [-0.2, 0) is 13.5 Å². The van der Waals surface area contributed by atoms with Gasteiger partial charge in [-0.3, -0.25) is 4.90 Å². The van der Waals surface area contributed by atoms with Gasteiger partial charge in [0.25, 0.3) is 0 Å². The van der Waals surface area contributed by atoms with Crippen LogP contribution in [0.5, 0.6) is 11.5 Å². The predicted molar refractivity (Wildman–Crippen MR) is 129 cm³/mol. The van der Waals surface area contributed by atoms with Gasteiger partial charge in [-0.25, -0.2) is 0 Å². The van der Waals surface area contributed by atoms with Crippen LogP contribution in [0.3, 0.4) is 0 Å². The highest BCUT2D eigenvalue weighted by Crippen LogP contribution is 2.37. The van der Waals surface area contributed by atoms with Crippen molar-refractivity contribution in [3.05, 3.63) is 59.8 Å². The van der Waals surface area contributed by atoms with Crippen LogP contribution in [-0.4, -0.2) is 26.9 Å². The standard InChI is InChI=1S/C24H29N3O2S/c1-7-16-10-18(23(29)12-22(16)28)15(4)27(24(30)25-5)17-8-9-21-19(11-17)20(14(2)3)13-26(21)6/h8-14,28-29H,4,7H2,1-3,5-6H3,(H,25,30). The van der Waals surface area contributed by atoms with Crippen molar-refractivity contribution in [3.63, 3.8) is 0 Å². The van der Waals surface area contributed by atoms with Gasteiger partial charge in [0.2, 0.25) is 0 Å². The second-order valence-corrected chi connectivity index (χ2v) is 8.13. The molecular formula is C24H29N3O2S. The van der Waals surface area contributed by atoms with E-state index in [9.17, 15) is 10.2 Å². The number of aromatic hydroxyl groups is 2. The van der Waals surface area contributed by atoms with Crippen LogP contribution in [0.25, 0.3) is 16.6 Å². The maximum absolute atomic E-state index is 10.5. The minimum atomic E-state index is -0.0396. The summed E-state index contributed by atoms with van der Waals surface area (Å²) < 4.78 is 2.13. The van der Waals surface area contributed by atoms with Crippen molar-refractivity contribution in [1.82, 2.24) is 9.88 Å². The average Bonchev–Trinajstić information content (AvgIpc) is 3.04. The van der Waals surface area contributed by atoms with E-state index < -0.39 is 0 Å². The Balaban J connectivity index is 2.17. The summed E-state index contributed by atoms with van der Waals surface area (Å²) in [7, 11) is 3.81. The van der Waals surface area contributed by atoms with Crippen LogP contribution in [0, 0.1) is 0 Å². The van der Waals surface area contributed by atoms with Crippen LogP contribution in [0.4, 0.5) is 5.69 Å². The number of aromatic nitrogens is 1. The first kappa shape index (κ1) is 21.7. The second kappa shape index (κ2) is 8.40. The van der Waals surface area contributed by atoms with E-state index in [1.54, 1.807) is 13.1 Å². The van der Waals surface area contributed by atoms with Crippen molar-refractivity contribution >= 4 is 39.6 Å². The van der Waals surface area contributed by atoms with Crippen LogP contribution in [0.15, 0.2) is 43.1 Å². The third-order valence-electron chi connectivity index (χ3n) is 5.46. The van der Waals surface area contributed by atoms with E-state index in [-0.39, 0.29) is 11.5 Å². The zero-order valence-electron chi connectivity index (χ0n) is 18.2. The Hall–Kier alpha value is -2.99. The summed E-state index contributed by atoms with van der Waals surface area (Å²) in [5, 5.41) is 25.2. The number of benzene rings is 2. The number of fused-ring (bicyclic) bond motifs is 1. The van der Waals surface area contributed by atoms with Crippen molar-refractivity contribution in [1.29, 1.82) is 0 Å². The normalized spacial score (nSPS) is 11.1. The predicted octanol–water partition coefficient (Wildman–Crippen LogP) is 5.26. The smallest absolute Gasteiger partial charge is 0.177 e. The molecule has 0 aliphatic carbocycles. The molecule has 2 aromatic carbocycles. The zero-order valence-corrected chi connectivity index (χ0v) is 19.0. The molecular weight excluding hydrogens is 394 g/mol. The van der Waals surface area contributed by atoms with Gasteiger partial charge in [0.05, 0.1) is 5.70 Å². The number of nitrogens with one attached hydrogen (secondary N) is 1. The molecule has 0 fully saturated rings. The minimum Gasteiger partial charge on any atom is -0.508 e. The van der Waals surface area contributed by atoms with E-state index in [1.165, 1.54) is 11.6 Å². The van der Waals surface area contributed by atoms with Crippen LogP contribution >= 0.6 is 12.2 Å². The van der Waals surface area contributed by atoms with Gasteiger partial charge in [0, 0.05) is 48.5 Å². The summed E-state index contributed by atoms with van der Waals surface area (Å²) in [6.45, 7) is 10.5. The number of phenolic OH excluding ortho intramolecular Hbond substituents is 2. The Morgan fingerprint density at radius 2 is 1.90 bits per heavy atom. The van der Waals surface area contributed by atoms with Gasteiger partial charge < -0.3 is 20.1 Å². The van der Waals surface area contributed by atoms with E-state index in [0.29, 0.717) is 28.7 Å². The fourth-order valence-electron chi connectivity index (χ4n) is 3.77. The summed E-state index contributed by atoms with van der Waals surface area (Å²) in [6, 6.07) is 9.30. The van der Waals surface area contributed by atoms with Gasteiger partial charge in [-0.15, -0.1) is 0 Å². The molecule has 0 saturated carbocycles. The summed E-state index contributed by atoms with van der Waals surface area (Å²) in [5.74, 6) is 0.411. The molecule has 0 spiro atoms. The molecule has 3 rings (SSSR count). The first-order valence-electron chi connectivity index (χ1n) is 10.0. The van der Waals surface area contributed by atoms with E-state index in [1.807, 2.05) is 24.9 Å². The Morgan fingerprint density at radius 3 is 2.50 bits per heavy atom. The van der Waals surface area contributed by atoms with Crippen molar-refractivity contribution < 1.29 is 10.2 Å². The SMILES string of the molecule is C=C(c1cc(CC)c(O)cc1O)N(C(=S)NC)c1ccc2c(c1)c(C(C)C)cn2C. The molecule has 0 amide bonds. The fourth-order valence-corrected chi connectivity index (χ4v) is 3.99. The molecule has 6 heteroatoms. The van der Waals surface area contributed by atoms with Crippen LogP contribution in [0.1, 0.15) is 43.4 Å². The maximum atomic E-state index is 10.5. The van der Waals surface area contributed by atoms with Crippen molar-refractivity contribution in [2.24, 2.45) is 7.05 Å². The third-order valence-corrected chi connectivity index (χ3v) is 5.85. The largest absolute Gasteiger partial charge is 0.508 e. The Kier molecular flexibility index (Phi) is 6.08. The highest BCUT2D eigenvalue weighted by Gasteiger charge is 2.21. The number of rotatable bonds is 5. The molecule has 0 saturated heterocycles. The van der Waals surface area contributed by atoms with Crippen molar-refractivity contribution in [3.8, 4) is 11.5 Å². The van der Waals surface area contributed by atoms with Gasteiger partial charge >= 0.3 is 0 Å². The van der Waals surface area contributed by atoms with Gasteiger partial charge in [-0.2, -0.15) is 0 Å². The van der Waals surface area contributed by atoms with Crippen molar-refractivity contribution in [2.45, 2.75) is 33.1 Å². The van der Waals surface area contributed by atoms with Gasteiger partial charge in [0.15, 0.2) is 5.11 Å². The number of aryl methyl sites for hydroxylation is 2. The number of thiocarbonyl (C=S) groups is 1. The Labute approximate surface area is 183 Å². The number of hydrogen-bond donors (Lipinski definition) is 3. The maximum Gasteiger partial charge on any atom is 0.177 e. The third kappa shape index (κ3) is 3.75. The van der Waals surface area contributed by atoms with Crippen LogP contribution in [0.2, 0.25) is 0 Å². The van der Waals surface area contributed by atoms with Gasteiger partial charge in [0.1, 0.15) is 11.5 Å². The topological polar surface area (TPSA) is 60.7 Å². The number of anilines is 1. The summed E-state index contributed by atoms with van der Waals surface area (Å²) in [6.07, 6.45) is 2.80. The van der Waals surface area contributed by atoms with E-state index in [0.717, 1.165) is 22.2 Å². The van der Waals surface area contributed by atoms with E-state index >= 15 is 0 Å². The van der Waals surface area contributed by atoms with Crippen molar-refractivity contribution in [2.75, 3.05) is 11.9 Å². The molecule has 0 atom stereocenters. The van der Waals surface area contributed by atoms with Gasteiger partial charge in [-0.05, 0) is 59.9 Å². The molecule has 0 aliphatic heterocycles. The first-order chi connectivity index (χ1) is 14.2. The molecule has 1 heterocycles. The summed E-state index contributed by atoms with van der Waals surface area (Å²) in [4.78, 5) is 1.82. The number of hydrogen-bond acceptors (Lipinski definition) is 3. The quantitative estimate of drug-likeness (QED) is 0.489. The lowest BCUT2D eigenvalue weighted by Gasteiger charge is -2.28. The Bertz CT molecular complexity index is 1130. The Morgan fingerprint density at radius 1 is 1.20 bits per heavy atom. The lowest BCUT2D eigenvalue weighted by molar-refractivity contribution is 0.445. The van der Waals surface area contributed by atoms with Gasteiger partial charge in [-0.1, -0.05) is 27.4 Å². The lowest BCUT2D eigenvalue weighted by Crippen LogP contribution is -2.36. The average molecular weight is 424 g/mol. The summed E-state index contributed by atoms with van der Waals surface area (Å²) in [5.41, 5.74) is 5.05. The molecule has 3 aromatic rings. The first-order valence-corrected chi connectivity index (χ1v) is 10.4. The number of phenols is 2. The highest BCUT2D eigenvalue weighted by atomic mass is 32.1. The van der Waals surface area contributed by atoms with Crippen LogP contribution < -0.4 is 10.2 Å². The minimum absolute atomic E-state index is 0.0396. The highest BCUT2D eigenvalue weighted by molar-refractivity contribution is 7.80. The molecule has 0 bridgehead atoms. The summed E-state index contributed by atoms with van der Waals surface area (Å²) >= 11 is 5.60. The monoisotopic (exact) mass is 423 g/mol.